The smallest absolute Gasteiger partial charge is 0.313 e. The molecule has 1 atom stereocenters. The third-order valence-corrected chi connectivity index (χ3v) is 10.1. The Morgan fingerprint density at radius 2 is 1.39 bits per heavy atom. The van der Waals surface area contributed by atoms with Gasteiger partial charge in [-0.25, -0.2) is 0 Å². The molecule has 0 aliphatic heterocycles. The fourth-order valence-electron chi connectivity index (χ4n) is 2.86. The van der Waals surface area contributed by atoms with Crippen LogP contribution < -0.4 is 0 Å². The van der Waals surface area contributed by atoms with Crippen LogP contribution in [0.1, 0.15) is 94.9 Å². The molecule has 0 bridgehead atoms. The largest absolute Gasteiger partial charge is 0.460 e. The van der Waals surface area contributed by atoms with E-state index in [1.54, 1.807) is 0 Å². The van der Waals surface area contributed by atoms with Gasteiger partial charge in [0.15, 0.2) is 8.32 Å². The molecule has 0 aromatic rings. The van der Waals surface area contributed by atoms with Gasteiger partial charge in [0.2, 0.25) is 0 Å². The van der Waals surface area contributed by atoms with Gasteiger partial charge in [-0.05, 0) is 85.9 Å². The maximum absolute atomic E-state index is 13.3. The minimum Gasteiger partial charge on any atom is -0.460 e. The molecule has 0 radical (unpaired) electrons. The summed E-state index contributed by atoms with van der Waals surface area (Å²) in [7, 11) is -1.88. The van der Waals surface area contributed by atoms with Crippen molar-refractivity contribution in [1.29, 1.82) is 0 Å². The first-order valence-electron chi connectivity index (χ1n) is 11.5. The van der Waals surface area contributed by atoms with Crippen LogP contribution in [0, 0.1) is 5.41 Å². The van der Waals surface area contributed by atoms with Crippen LogP contribution in [0.15, 0.2) is 12.2 Å². The normalized spacial score (nSPS) is 15.6. The van der Waals surface area contributed by atoms with E-state index in [1.165, 1.54) is 0 Å². The Hall–Kier alpha value is -1.14. The highest BCUT2D eigenvalue weighted by Gasteiger charge is 2.44. The molecular weight excluding hydrogens is 408 g/mol. The minimum atomic E-state index is -1.88. The van der Waals surface area contributed by atoms with Crippen molar-refractivity contribution in [2.45, 2.75) is 124 Å². The molecule has 0 heterocycles. The summed E-state index contributed by atoms with van der Waals surface area (Å²) in [6.07, 6.45) is 5.43. The number of hydrogen-bond acceptors (Lipinski definition) is 5. The first-order valence-corrected chi connectivity index (χ1v) is 14.4. The fourth-order valence-corrected chi connectivity index (χ4v) is 3.95. The molecule has 31 heavy (non-hydrogen) atoms. The molecule has 182 valence electrons. The highest BCUT2D eigenvalue weighted by atomic mass is 28.4. The molecular formula is C25H48O5Si. The summed E-state index contributed by atoms with van der Waals surface area (Å²) in [6, 6.07) is 0. The average molecular weight is 457 g/mol. The van der Waals surface area contributed by atoms with E-state index in [-0.39, 0.29) is 23.4 Å². The highest BCUT2D eigenvalue weighted by Crippen LogP contribution is 2.39. The molecule has 0 amide bonds. The second-order valence-electron chi connectivity index (χ2n) is 12.0. The second kappa shape index (κ2) is 11.1. The van der Waals surface area contributed by atoms with Crippen LogP contribution in [0.4, 0.5) is 0 Å². The Labute approximate surface area is 192 Å². The van der Waals surface area contributed by atoms with Gasteiger partial charge >= 0.3 is 11.9 Å². The summed E-state index contributed by atoms with van der Waals surface area (Å²) in [5.41, 5.74) is -2.22. The van der Waals surface area contributed by atoms with Gasteiger partial charge in [-0.15, -0.1) is 0 Å². The van der Waals surface area contributed by atoms with E-state index < -0.39 is 24.9 Å². The SMILES string of the molecule is C/C=C/CC(CCCO[Si](C)(C)C(C)(C)C)(CC(=O)OC(C)(C)C)C(=O)OC(C)(C)C. The van der Waals surface area contributed by atoms with Gasteiger partial charge in [-0.1, -0.05) is 32.9 Å². The van der Waals surface area contributed by atoms with E-state index in [0.717, 1.165) is 0 Å². The molecule has 5 nitrogen and oxygen atoms in total. The van der Waals surface area contributed by atoms with Crippen LogP contribution in [0.3, 0.4) is 0 Å². The number of esters is 2. The van der Waals surface area contributed by atoms with Gasteiger partial charge in [0.05, 0.1) is 11.8 Å². The van der Waals surface area contributed by atoms with E-state index in [2.05, 4.69) is 33.9 Å². The average Bonchev–Trinajstić information content (AvgIpc) is 2.51. The lowest BCUT2D eigenvalue weighted by Gasteiger charge is -2.37. The number of rotatable bonds is 10. The summed E-state index contributed by atoms with van der Waals surface area (Å²) in [4.78, 5) is 26.1. The number of carbonyl (C=O) groups is 2. The van der Waals surface area contributed by atoms with Gasteiger partial charge in [-0.3, -0.25) is 9.59 Å². The number of ether oxygens (including phenoxy) is 2. The predicted molar refractivity (Wildman–Crippen MR) is 131 cm³/mol. The molecule has 0 aliphatic rings. The summed E-state index contributed by atoms with van der Waals surface area (Å²) < 4.78 is 17.6. The molecule has 0 rings (SSSR count). The van der Waals surface area contributed by atoms with Crippen molar-refractivity contribution in [3.8, 4) is 0 Å². The molecule has 0 aromatic heterocycles. The number of carbonyl (C=O) groups excluding carboxylic acids is 2. The van der Waals surface area contributed by atoms with Crippen molar-refractivity contribution < 1.29 is 23.5 Å². The van der Waals surface area contributed by atoms with Crippen molar-refractivity contribution in [3.63, 3.8) is 0 Å². The zero-order valence-corrected chi connectivity index (χ0v) is 23.2. The van der Waals surface area contributed by atoms with Crippen molar-refractivity contribution >= 4 is 20.3 Å². The number of allylic oxidation sites excluding steroid dienone is 2. The van der Waals surface area contributed by atoms with Crippen molar-refractivity contribution in [3.05, 3.63) is 12.2 Å². The molecule has 0 aliphatic carbocycles. The lowest BCUT2D eigenvalue weighted by molar-refractivity contribution is -0.176. The molecule has 0 fully saturated rings. The molecule has 0 N–H and O–H groups in total. The van der Waals surface area contributed by atoms with E-state index in [0.29, 0.717) is 25.9 Å². The van der Waals surface area contributed by atoms with E-state index in [4.69, 9.17) is 13.9 Å². The molecule has 0 saturated carbocycles. The Morgan fingerprint density at radius 1 is 0.871 bits per heavy atom. The Morgan fingerprint density at radius 3 is 1.81 bits per heavy atom. The summed E-state index contributed by atoms with van der Waals surface area (Å²) >= 11 is 0. The van der Waals surface area contributed by atoms with Gasteiger partial charge in [0.1, 0.15) is 11.2 Å². The van der Waals surface area contributed by atoms with Crippen molar-refractivity contribution in [2.24, 2.45) is 5.41 Å². The van der Waals surface area contributed by atoms with Crippen LogP contribution in [0.25, 0.3) is 0 Å². The van der Waals surface area contributed by atoms with Crippen molar-refractivity contribution in [1.82, 2.24) is 0 Å². The van der Waals surface area contributed by atoms with Gasteiger partial charge in [-0.2, -0.15) is 0 Å². The van der Waals surface area contributed by atoms with Crippen LogP contribution in [0.5, 0.6) is 0 Å². The van der Waals surface area contributed by atoms with Crippen LogP contribution >= 0.6 is 0 Å². The molecule has 1 unspecified atom stereocenters. The van der Waals surface area contributed by atoms with E-state index >= 15 is 0 Å². The van der Waals surface area contributed by atoms with Gasteiger partial charge in [0.25, 0.3) is 0 Å². The quantitative estimate of drug-likeness (QED) is 0.156. The lowest BCUT2D eigenvalue weighted by Crippen LogP contribution is -2.42. The summed E-state index contributed by atoms with van der Waals surface area (Å²) in [5, 5.41) is 0.122. The van der Waals surface area contributed by atoms with E-state index in [9.17, 15) is 9.59 Å². The van der Waals surface area contributed by atoms with Crippen LogP contribution in [0.2, 0.25) is 18.1 Å². The maximum atomic E-state index is 13.3. The van der Waals surface area contributed by atoms with Gasteiger partial charge < -0.3 is 13.9 Å². The first kappa shape index (κ1) is 29.9. The second-order valence-corrected chi connectivity index (χ2v) is 16.8. The Balaban J connectivity index is 5.68. The fraction of sp³-hybridized carbons (Fsp3) is 0.840. The third-order valence-electron chi connectivity index (χ3n) is 5.55. The maximum Gasteiger partial charge on any atom is 0.313 e. The lowest BCUT2D eigenvalue weighted by atomic mass is 9.76. The van der Waals surface area contributed by atoms with E-state index in [1.807, 2.05) is 60.6 Å². The predicted octanol–water partition coefficient (Wildman–Crippen LogP) is 6.81. The standard InChI is InChI=1S/C25H48O5Si/c1-13-14-16-25(21(27)30-23(5,6)7,19-20(26)29-22(2,3)4)17-15-18-28-31(11,12)24(8,9)10/h13-14H,15-19H2,1-12H3/b14-13+. The third kappa shape index (κ3) is 11.3. The van der Waals surface area contributed by atoms with Crippen molar-refractivity contribution in [2.75, 3.05) is 6.61 Å². The topological polar surface area (TPSA) is 61.8 Å². The van der Waals surface area contributed by atoms with Crippen LogP contribution in [-0.4, -0.2) is 38.1 Å². The highest BCUT2D eigenvalue weighted by molar-refractivity contribution is 6.74. The van der Waals surface area contributed by atoms with Crippen LogP contribution in [-0.2, 0) is 23.5 Å². The zero-order valence-electron chi connectivity index (χ0n) is 22.2. The summed E-state index contributed by atoms with van der Waals surface area (Å²) in [5.74, 6) is -0.732. The molecule has 0 spiro atoms. The van der Waals surface area contributed by atoms with Gasteiger partial charge in [0, 0.05) is 6.61 Å². The first-order chi connectivity index (χ1) is 13.7. The Kier molecular flexibility index (Phi) is 10.7. The number of hydrogen-bond donors (Lipinski definition) is 0. The summed E-state index contributed by atoms with van der Waals surface area (Å²) in [6.45, 7) is 24.6. The minimum absolute atomic E-state index is 0.0103. The molecule has 6 heteroatoms. The zero-order chi connectivity index (χ0) is 24.7. The Bertz CT molecular complexity index is 617. The molecule has 0 aromatic carbocycles. The molecule has 0 saturated heterocycles. The monoisotopic (exact) mass is 456 g/mol.